The van der Waals surface area contributed by atoms with Crippen molar-refractivity contribution in [1.82, 2.24) is 4.90 Å². The Bertz CT molecular complexity index is 766. The van der Waals surface area contributed by atoms with Crippen molar-refractivity contribution in [1.29, 1.82) is 0 Å². The van der Waals surface area contributed by atoms with Crippen molar-refractivity contribution in [2.75, 3.05) is 25.2 Å². The Balaban J connectivity index is 1.80. The molecule has 22 heavy (non-hydrogen) atoms. The maximum Gasteiger partial charge on any atom is 0.151 e. The maximum absolute atomic E-state index is 11.8. The van der Waals surface area contributed by atoms with Gasteiger partial charge in [-0.3, -0.25) is 4.90 Å². The third-order valence-corrected chi connectivity index (χ3v) is 5.96. The lowest BCUT2D eigenvalue weighted by atomic mass is 10.2. The van der Waals surface area contributed by atoms with Gasteiger partial charge in [-0.1, -0.05) is 0 Å². The first-order valence-electron chi connectivity index (χ1n) is 7.48. The molecule has 1 fully saturated rings. The van der Waals surface area contributed by atoms with Crippen molar-refractivity contribution in [3.8, 4) is 5.75 Å². The SMILES string of the molecule is COc1ccc2oc(CN3CCS(=O)(=O)CC[C@H]3C)cc2c1. The first kappa shape index (κ1) is 15.4. The Morgan fingerprint density at radius 1 is 1.32 bits per heavy atom. The minimum absolute atomic E-state index is 0.228. The molecule has 0 amide bonds. The van der Waals surface area contributed by atoms with E-state index in [0.29, 0.717) is 19.5 Å². The fraction of sp³-hybridized carbons (Fsp3) is 0.500. The van der Waals surface area contributed by atoms with Gasteiger partial charge in [0.1, 0.15) is 17.1 Å². The molecule has 0 aliphatic carbocycles. The maximum atomic E-state index is 11.8. The van der Waals surface area contributed by atoms with E-state index >= 15 is 0 Å². The summed E-state index contributed by atoms with van der Waals surface area (Å²) in [5.74, 6) is 2.16. The largest absolute Gasteiger partial charge is 0.497 e. The standard InChI is InChI=1S/C16H21NO4S/c1-12-5-7-22(18,19)8-6-17(12)11-15-10-13-9-14(20-2)3-4-16(13)21-15/h3-4,9-10,12H,5-8,11H2,1-2H3/t12-/m1/s1. The smallest absolute Gasteiger partial charge is 0.151 e. The topological polar surface area (TPSA) is 59.8 Å². The third-order valence-electron chi connectivity index (χ3n) is 4.29. The van der Waals surface area contributed by atoms with Crippen LogP contribution in [0.1, 0.15) is 19.1 Å². The number of ether oxygens (including phenoxy) is 1. The van der Waals surface area contributed by atoms with Crippen LogP contribution in [0.2, 0.25) is 0 Å². The molecule has 0 bridgehead atoms. The molecule has 120 valence electrons. The predicted molar refractivity (Wildman–Crippen MR) is 85.9 cm³/mol. The van der Waals surface area contributed by atoms with E-state index in [9.17, 15) is 8.42 Å². The second-order valence-electron chi connectivity index (χ2n) is 5.88. The molecule has 0 radical (unpaired) electrons. The summed E-state index contributed by atoms with van der Waals surface area (Å²) < 4.78 is 34.6. The minimum atomic E-state index is -2.90. The Kier molecular flexibility index (Phi) is 4.14. The van der Waals surface area contributed by atoms with Crippen LogP contribution in [-0.2, 0) is 16.4 Å². The van der Waals surface area contributed by atoms with E-state index in [1.807, 2.05) is 24.3 Å². The molecule has 0 N–H and O–H groups in total. The number of furan rings is 1. The van der Waals surface area contributed by atoms with E-state index in [1.54, 1.807) is 7.11 Å². The summed E-state index contributed by atoms with van der Waals surface area (Å²) in [6.45, 7) is 3.27. The van der Waals surface area contributed by atoms with Crippen molar-refractivity contribution in [2.45, 2.75) is 25.9 Å². The van der Waals surface area contributed by atoms with E-state index < -0.39 is 9.84 Å². The Labute approximate surface area is 130 Å². The highest BCUT2D eigenvalue weighted by atomic mass is 32.2. The van der Waals surface area contributed by atoms with Crippen LogP contribution >= 0.6 is 0 Å². The molecule has 2 aromatic rings. The van der Waals surface area contributed by atoms with Gasteiger partial charge in [0, 0.05) is 18.0 Å². The number of hydrogen-bond donors (Lipinski definition) is 0. The first-order chi connectivity index (χ1) is 10.5. The molecule has 1 aromatic carbocycles. The van der Waals surface area contributed by atoms with Crippen LogP contribution in [-0.4, -0.2) is 44.5 Å². The summed E-state index contributed by atoms with van der Waals surface area (Å²) >= 11 is 0. The summed E-state index contributed by atoms with van der Waals surface area (Å²) in [5, 5.41) is 1.00. The lowest BCUT2D eigenvalue weighted by molar-refractivity contribution is 0.198. The second kappa shape index (κ2) is 5.93. The normalized spacial score (nSPS) is 22.5. The van der Waals surface area contributed by atoms with E-state index in [-0.39, 0.29) is 17.5 Å². The van der Waals surface area contributed by atoms with Crippen molar-refractivity contribution < 1.29 is 17.6 Å². The molecule has 1 aromatic heterocycles. The monoisotopic (exact) mass is 323 g/mol. The molecule has 1 saturated heterocycles. The summed E-state index contributed by atoms with van der Waals surface area (Å²) in [6.07, 6.45) is 0.677. The lowest BCUT2D eigenvalue weighted by Crippen LogP contribution is -2.33. The van der Waals surface area contributed by atoms with Gasteiger partial charge in [0.15, 0.2) is 9.84 Å². The highest BCUT2D eigenvalue weighted by Gasteiger charge is 2.25. The van der Waals surface area contributed by atoms with Crippen molar-refractivity contribution in [2.24, 2.45) is 0 Å². The summed E-state index contributed by atoms with van der Waals surface area (Å²) in [6, 6.07) is 7.95. The van der Waals surface area contributed by atoms with Crippen molar-refractivity contribution >= 4 is 20.8 Å². The summed E-state index contributed by atoms with van der Waals surface area (Å²) in [4.78, 5) is 2.18. The van der Waals surface area contributed by atoms with Gasteiger partial charge >= 0.3 is 0 Å². The molecule has 0 saturated carbocycles. The van der Waals surface area contributed by atoms with Gasteiger partial charge in [0.05, 0.1) is 25.2 Å². The van der Waals surface area contributed by atoms with Crippen LogP contribution in [0.4, 0.5) is 0 Å². The van der Waals surface area contributed by atoms with Gasteiger partial charge in [-0.05, 0) is 37.6 Å². The molecule has 5 nitrogen and oxygen atoms in total. The van der Waals surface area contributed by atoms with Crippen LogP contribution in [0.3, 0.4) is 0 Å². The number of hydrogen-bond acceptors (Lipinski definition) is 5. The van der Waals surface area contributed by atoms with E-state index in [0.717, 1.165) is 22.5 Å². The molecule has 0 unspecified atom stereocenters. The fourth-order valence-corrected chi connectivity index (χ4v) is 4.24. The van der Waals surface area contributed by atoms with Gasteiger partial charge in [-0.2, -0.15) is 0 Å². The zero-order valence-electron chi connectivity index (χ0n) is 12.9. The van der Waals surface area contributed by atoms with Crippen LogP contribution < -0.4 is 4.74 Å². The number of fused-ring (bicyclic) bond motifs is 1. The van der Waals surface area contributed by atoms with Crippen LogP contribution in [0, 0.1) is 0 Å². The van der Waals surface area contributed by atoms with Gasteiger partial charge in [0.2, 0.25) is 0 Å². The quantitative estimate of drug-likeness (QED) is 0.868. The molecule has 1 aliphatic rings. The highest BCUT2D eigenvalue weighted by Crippen LogP contribution is 2.26. The molecular formula is C16H21NO4S. The molecule has 1 atom stereocenters. The predicted octanol–water partition coefficient (Wildman–Crippen LogP) is 2.45. The first-order valence-corrected chi connectivity index (χ1v) is 9.30. The molecule has 2 heterocycles. The molecular weight excluding hydrogens is 302 g/mol. The molecule has 0 spiro atoms. The van der Waals surface area contributed by atoms with E-state index in [2.05, 4.69) is 11.8 Å². The number of sulfone groups is 1. The van der Waals surface area contributed by atoms with Crippen LogP contribution in [0.5, 0.6) is 5.75 Å². The Morgan fingerprint density at radius 3 is 2.91 bits per heavy atom. The average molecular weight is 323 g/mol. The number of methoxy groups -OCH3 is 1. The van der Waals surface area contributed by atoms with Gasteiger partial charge < -0.3 is 9.15 Å². The average Bonchev–Trinajstić information content (AvgIpc) is 2.84. The zero-order chi connectivity index (χ0) is 15.7. The highest BCUT2D eigenvalue weighted by molar-refractivity contribution is 7.91. The summed E-state index contributed by atoms with van der Waals surface area (Å²) in [5.41, 5.74) is 0.825. The number of rotatable bonds is 3. The van der Waals surface area contributed by atoms with E-state index in [4.69, 9.17) is 9.15 Å². The fourth-order valence-electron chi connectivity index (χ4n) is 2.83. The minimum Gasteiger partial charge on any atom is -0.497 e. The third kappa shape index (κ3) is 3.28. The van der Waals surface area contributed by atoms with Gasteiger partial charge in [0.25, 0.3) is 0 Å². The van der Waals surface area contributed by atoms with Crippen molar-refractivity contribution in [3.63, 3.8) is 0 Å². The molecule has 6 heteroatoms. The lowest BCUT2D eigenvalue weighted by Gasteiger charge is -2.24. The zero-order valence-corrected chi connectivity index (χ0v) is 13.7. The Morgan fingerprint density at radius 2 is 2.14 bits per heavy atom. The molecule has 1 aliphatic heterocycles. The molecule has 3 rings (SSSR count). The number of nitrogens with zero attached hydrogens (tertiary/aromatic N) is 1. The van der Waals surface area contributed by atoms with Crippen LogP contribution in [0.15, 0.2) is 28.7 Å². The van der Waals surface area contributed by atoms with Crippen molar-refractivity contribution in [3.05, 3.63) is 30.0 Å². The Hall–Kier alpha value is -1.53. The number of benzene rings is 1. The van der Waals surface area contributed by atoms with E-state index in [1.165, 1.54) is 0 Å². The van der Waals surface area contributed by atoms with Gasteiger partial charge in [-0.25, -0.2) is 8.42 Å². The van der Waals surface area contributed by atoms with Gasteiger partial charge in [-0.15, -0.1) is 0 Å². The summed E-state index contributed by atoms with van der Waals surface area (Å²) in [7, 11) is -1.26. The van der Waals surface area contributed by atoms with Crippen LogP contribution in [0.25, 0.3) is 11.0 Å². The second-order valence-corrected chi connectivity index (χ2v) is 8.18.